The Morgan fingerprint density at radius 3 is 2.76 bits per heavy atom. The van der Waals surface area contributed by atoms with Crippen LogP contribution >= 0.6 is 50.5 Å². The highest BCUT2D eigenvalue weighted by Crippen LogP contribution is 2.27. The minimum atomic E-state index is -0.294. The van der Waals surface area contributed by atoms with Crippen LogP contribution in [0.1, 0.15) is 9.67 Å². The highest BCUT2D eigenvalue weighted by Gasteiger charge is 2.13. The molecule has 0 saturated carbocycles. The van der Waals surface area contributed by atoms with Crippen LogP contribution in [-0.4, -0.2) is 15.9 Å². The Morgan fingerprint density at radius 2 is 2.12 bits per heavy atom. The number of halogens is 3. The summed E-state index contributed by atoms with van der Waals surface area (Å²) in [5.74, 6) is -0.0986. The third kappa shape index (κ3) is 2.95. The molecule has 8 heteroatoms. The molecule has 1 amide bonds. The first-order valence-electron chi connectivity index (χ1n) is 4.30. The molecule has 1 N–H and O–H groups in total. The number of hydrogen-bond acceptors (Lipinski definition) is 4. The molecule has 88 valence electrons. The van der Waals surface area contributed by atoms with E-state index >= 15 is 0 Å². The van der Waals surface area contributed by atoms with Gasteiger partial charge in [-0.25, -0.2) is 9.97 Å². The van der Waals surface area contributed by atoms with Crippen molar-refractivity contribution in [1.82, 2.24) is 9.97 Å². The molecule has 0 radical (unpaired) electrons. The minimum absolute atomic E-state index is 0.101. The van der Waals surface area contributed by atoms with Crippen molar-refractivity contribution < 1.29 is 4.79 Å². The lowest BCUT2D eigenvalue weighted by Gasteiger charge is -2.04. The van der Waals surface area contributed by atoms with Gasteiger partial charge < -0.3 is 5.32 Å². The molecule has 17 heavy (non-hydrogen) atoms. The zero-order valence-electron chi connectivity index (χ0n) is 8.08. The molecule has 0 saturated heterocycles. The average Bonchev–Trinajstić information content (AvgIpc) is 2.72. The number of hydrogen-bond donors (Lipinski definition) is 1. The van der Waals surface area contributed by atoms with Gasteiger partial charge in [-0.15, -0.1) is 11.3 Å². The first-order chi connectivity index (χ1) is 8.08. The van der Waals surface area contributed by atoms with Crippen molar-refractivity contribution in [3.63, 3.8) is 0 Å². The van der Waals surface area contributed by atoms with E-state index in [1.165, 1.54) is 17.7 Å². The van der Waals surface area contributed by atoms with Crippen molar-refractivity contribution in [3.05, 3.63) is 37.3 Å². The Kier molecular flexibility index (Phi) is 3.98. The fraction of sp³-hybridized carbons (Fsp3) is 0. The fourth-order valence-corrected chi connectivity index (χ4v) is 2.60. The number of rotatable bonds is 2. The highest BCUT2D eigenvalue weighted by molar-refractivity contribution is 9.11. The molecule has 0 fully saturated rings. The van der Waals surface area contributed by atoms with Crippen LogP contribution in [-0.2, 0) is 0 Å². The molecular weight excluding hydrogens is 349 g/mol. The first kappa shape index (κ1) is 12.8. The number of nitrogens with zero attached hydrogens (tertiary/aromatic N) is 2. The van der Waals surface area contributed by atoms with E-state index in [1.54, 1.807) is 12.1 Å². The van der Waals surface area contributed by atoms with Crippen LogP contribution in [0.3, 0.4) is 0 Å². The van der Waals surface area contributed by atoms with E-state index in [4.69, 9.17) is 23.2 Å². The van der Waals surface area contributed by atoms with Crippen molar-refractivity contribution in [2.45, 2.75) is 0 Å². The van der Waals surface area contributed by atoms with Gasteiger partial charge in [-0.2, -0.15) is 0 Å². The molecular formula is C9H4BrCl2N3OS. The monoisotopic (exact) mass is 351 g/mol. The molecule has 0 atom stereocenters. The minimum Gasteiger partial charge on any atom is -0.304 e. The van der Waals surface area contributed by atoms with Gasteiger partial charge in [-0.05, 0) is 28.1 Å². The van der Waals surface area contributed by atoms with Crippen LogP contribution in [0, 0.1) is 0 Å². The molecule has 0 aliphatic heterocycles. The summed E-state index contributed by atoms with van der Waals surface area (Å²) in [5, 5.41) is 2.79. The summed E-state index contributed by atoms with van der Waals surface area (Å²) in [4.78, 5) is 19.9. The summed E-state index contributed by atoms with van der Waals surface area (Å²) in [7, 11) is 0. The van der Waals surface area contributed by atoms with Crippen molar-refractivity contribution in [1.29, 1.82) is 0 Å². The SMILES string of the molecule is O=C(Nc1ncnc(Cl)c1Cl)c1ccc(Br)s1. The number of aromatic nitrogens is 2. The maximum Gasteiger partial charge on any atom is 0.266 e. The molecule has 0 unspecified atom stereocenters. The number of carbonyl (C=O) groups excluding carboxylic acids is 1. The summed E-state index contributed by atoms with van der Waals surface area (Å²) in [6.07, 6.45) is 1.23. The quantitative estimate of drug-likeness (QED) is 0.835. The second kappa shape index (κ2) is 5.30. The molecule has 2 heterocycles. The highest BCUT2D eigenvalue weighted by atomic mass is 79.9. The topological polar surface area (TPSA) is 54.9 Å². The second-order valence-electron chi connectivity index (χ2n) is 2.88. The molecule has 0 aliphatic rings. The van der Waals surface area contributed by atoms with Gasteiger partial charge in [0.25, 0.3) is 5.91 Å². The predicted molar refractivity (Wildman–Crippen MR) is 72.0 cm³/mol. The Labute approximate surface area is 119 Å². The van der Waals surface area contributed by atoms with Gasteiger partial charge in [-0.1, -0.05) is 23.2 Å². The summed E-state index contributed by atoms with van der Waals surface area (Å²) in [6, 6.07) is 3.48. The zero-order chi connectivity index (χ0) is 12.4. The molecule has 0 bridgehead atoms. The van der Waals surface area contributed by atoms with Crippen molar-refractivity contribution >= 4 is 62.2 Å². The molecule has 0 aliphatic carbocycles. The van der Waals surface area contributed by atoms with Crippen molar-refractivity contribution in [2.24, 2.45) is 0 Å². The number of carbonyl (C=O) groups is 1. The molecule has 2 rings (SSSR count). The number of thiophene rings is 1. The van der Waals surface area contributed by atoms with Gasteiger partial charge >= 0.3 is 0 Å². The van der Waals surface area contributed by atoms with Gasteiger partial charge in [0, 0.05) is 0 Å². The lowest BCUT2D eigenvalue weighted by molar-refractivity contribution is 0.103. The van der Waals surface area contributed by atoms with E-state index < -0.39 is 0 Å². The summed E-state index contributed by atoms with van der Waals surface area (Å²) >= 11 is 16.1. The molecule has 4 nitrogen and oxygen atoms in total. The largest absolute Gasteiger partial charge is 0.304 e. The number of anilines is 1. The van der Waals surface area contributed by atoms with Gasteiger partial charge in [0.2, 0.25) is 0 Å². The smallest absolute Gasteiger partial charge is 0.266 e. The Hall–Kier alpha value is -0.690. The van der Waals surface area contributed by atoms with E-state index in [-0.39, 0.29) is 21.9 Å². The lowest BCUT2D eigenvalue weighted by atomic mass is 10.4. The normalized spacial score (nSPS) is 10.3. The lowest BCUT2D eigenvalue weighted by Crippen LogP contribution is -2.12. The van der Waals surface area contributed by atoms with Gasteiger partial charge in [0.1, 0.15) is 11.3 Å². The summed E-state index contributed by atoms with van der Waals surface area (Å²) in [5.41, 5.74) is 0. The Morgan fingerprint density at radius 1 is 1.35 bits per heavy atom. The van der Waals surface area contributed by atoms with E-state index in [0.29, 0.717) is 4.88 Å². The predicted octanol–water partition coefficient (Wildman–Crippen LogP) is 3.86. The van der Waals surface area contributed by atoms with Crippen LogP contribution in [0.2, 0.25) is 10.2 Å². The number of nitrogens with one attached hydrogen (secondary N) is 1. The molecule has 2 aromatic rings. The fourth-order valence-electron chi connectivity index (χ4n) is 1.04. The van der Waals surface area contributed by atoms with E-state index in [1.807, 2.05) is 0 Å². The van der Waals surface area contributed by atoms with Gasteiger partial charge in [0.05, 0.1) is 8.66 Å². The second-order valence-corrected chi connectivity index (χ2v) is 6.08. The maximum atomic E-state index is 11.8. The van der Waals surface area contributed by atoms with E-state index in [2.05, 4.69) is 31.2 Å². The zero-order valence-corrected chi connectivity index (χ0v) is 12.0. The van der Waals surface area contributed by atoms with Crippen molar-refractivity contribution in [2.75, 3.05) is 5.32 Å². The van der Waals surface area contributed by atoms with Crippen LogP contribution < -0.4 is 5.32 Å². The van der Waals surface area contributed by atoms with Crippen LogP contribution in [0.5, 0.6) is 0 Å². The molecule has 2 aromatic heterocycles. The standard InChI is InChI=1S/C9H4BrCl2N3OS/c10-5-2-1-4(17-5)9(16)15-8-6(11)7(12)13-3-14-8/h1-3H,(H,13,14,15,16). The Balaban J connectivity index is 2.21. The summed E-state index contributed by atoms with van der Waals surface area (Å²) in [6.45, 7) is 0. The third-order valence-corrected chi connectivity index (χ3v) is 4.14. The van der Waals surface area contributed by atoms with Crippen LogP contribution in [0.15, 0.2) is 22.2 Å². The maximum absolute atomic E-state index is 11.8. The van der Waals surface area contributed by atoms with E-state index in [0.717, 1.165) is 3.79 Å². The first-order valence-corrected chi connectivity index (χ1v) is 6.67. The van der Waals surface area contributed by atoms with Crippen LogP contribution in [0.4, 0.5) is 5.82 Å². The van der Waals surface area contributed by atoms with Crippen molar-refractivity contribution in [3.8, 4) is 0 Å². The van der Waals surface area contributed by atoms with E-state index in [9.17, 15) is 4.79 Å². The number of amides is 1. The van der Waals surface area contributed by atoms with Gasteiger partial charge in [0.15, 0.2) is 11.0 Å². The van der Waals surface area contributed by atoms with Gasteiger partial charge in [-0.3, -0.25) is 4.79 Å². The Bertz CT molecular complexity index is 575. The third-order valence-electron chi connectivity index (χ3n) is 1.78. The average molecular weight is 353 g/mol. The summed E-state index contributed by atoms with van der Waals surface area (Å²) < 4.78 is 0.870. The van der Waals surface area contributed by atoms with Crippen LogP contribution in [0.25, 0.3) is 0 Å². The molecule has 0 aromatic carbocycles. The molecule has 0 spiro atoms.